The number of nitrogens with one attached hydrogen (secondary N) is 18. The van der Waals surface area contributed by atoms with E-state index in [-0.39, 0.29) is 142 Å². The van der Waals surface area contributed by atoms with Gasteiger partial charge in [-0.1, -0.05) is 204 Å². The van der Waals surface area contributed by atoms with E-state index in [9.17, 15) is 87.5 Å². The Kier molecular flexibility index (Phi) is 60.9. The van der Waals surface area contributed by atoms with Crippen LogP contribution in [0.3, 0.4) is 0 Å². The lowest BCUT2D eigenvalue weighted by Gasteiger charge is -2.29. The number of rotatable bonds is 64. The number of carbonyl (C=O) groups is 15. The van der Waals surface area contributed by atoms with E-state index in [1.54, 1.807) is 6.92 Å². The van der Waals surface area contributed by atoms with Crippen LogP contribution in [0, 0.1) is 74.8 Å². The molecule has 0 aliphatic heterocycles. The summed E-state index contributed by atoms with van der Waals surface area (Å²) in [5.74, 6) is -5.51. The molecule has 40 heteroatoms. The molecule has 1 saturated carbocycles. The van der Waals surface area contributed by atoms with Crippen molar-refractivity contribution in [3.05, 3.63) is 106 Å². The third-order valence-electron chi connectivity index (χ3n) is 25.0. The smallest absolute Gasteiger partial charge is 0.252 e. The molecule has 3 aromatic rings. The predicted molar refractivity (Wildman–Crippen MR) is 551 cm³/mol. The number of nitrogens with zero attached hydrogens (tertiary/aromatic N) is 3. The van der Waals surface area contributed by atoms with Crippen LogP contribution in [-0.2, 0) is 57.5 Å². The first-order valence-corrected chi connectivity index (χ1v) is 52.0. The number of hydrogen-bond donors (Lipinski definition) is 19. The van der Waals surface area contributed by atoms with Crippen LogP contribution in [-0.4, -0.2) is 225 Å². The first-order valence-electron chi connectivity index (χ1n) is 52.0. The summed E-state index contributed by atoms with van der Waals surface area (Å²) in [7, 11) is 0. The summed E-state index contributed by atoms with van der Waals surface area (Å²) >= 11 is 0. The van der Waals surface area contributed by atoms with Gasteiger partial charge in [-0.05, 0) is 131 Å². The molecule has 0 radical (unpaired) electrons. The Labute approximate surface area is 849 Å². The Morgan fingerprint density at radius 2 is 0.545 bits per heavy atom. The van der Waals surface area contributed by atoms with Gasteiger partial charge >= 0.3 is 0 Å². The third-order valence-corrected chi connectivity index (χ3v) is 25.0. The van der Waals surface area contributed by atoms with Crippen molar-refractivity contribution in [1.82, 2.24) is 95.7 Å². The van der Waals surface area contributed by atoms with Gasteiger partial charge in [0, 0.05) is 100 Å². The molecule has 15 amide bonds. The fourth-order valence-corrected chi connectivity index (χ4v) is 15.9. The molecule has 1 aliphatic rings. The number of amides is 15. The lowest BCUT2D eigenvalue weighted by atomic mass is 9.97. The molecule has 0 aromatic carbocycles. The number of hydrogen-bond acceptors (Lipinski definition) is 22. The Hall–Kier alpha value is -11.3. The molecule has 18 atom stereocenters. The molecular weight excluding hydrogens is 1830 g/mol. The van der Waals surface area contributed by atoms with Gasteiger partial charge in [-0.2, -0.15) is 14.2 Å². The molecule has 1 fully saturated rings. The van der Waals surface area contributed by atoms with E-state index in [0.29, 0.717) is 143 Å². The van der Waals surface area contributed by atoms with Gasteiger partial charge in [0.2, 0.25) is 70.9 Å². The largest absolute Gasteiger partial charge is 0.619 e. The average molecular weight is 2010 g/mol. The van der Waals surface area contributed by atoms with Crippen molar-refractivity contribution in [3.63, 3.8) is 0 Å². The van der Waals surface area contributed by atoms with Gasteiger partial charge in [0.1, 0.15) is 54.4 Å². The minimum Gasteiger partial charge on any atom is -0.619 e. The molecule has 143 heavy (non-hydrogen) atoms. The summed E-state index contributed by atoms with van der Waals surface area (Å²) in [6.45, 7) is 50.0. The molecular formula is C103H178N22O18. The normalized spacial score (nSPS) is 15.6. The zero-order valence-electron chi connectivity index (χ0n) is 89.9. The van der Waals surface area contributed by atoms with Gasteiger partial charge in [0.15, 0.2) is 37.2 Å². The van der Waals surface area contributed by atoms with Gasteiger partial charge in [-0.15, -0.1) is 0 Å². The van der Waals surface area contributed by atoms with Crippen molar-refractivity contribution in [2.24, 2.45) is 64.9 Å². The first kappa shape index (κ1) is 128. The highest BCUT2D eigenvalue weighted by Gasteiger charge is 2.39. The van der Waals surface area contributed by atoms with Crippen LogP contribution in [0.1, 0.15) is 307 Å². The van der Waals surface area contributed by atoms with Crippen molar-refractivity contribution >= 4 is 88.6 Å². The van der Waals surface area contributed by atoms with Gasteiger partial charge in [0.05, 0.1) is 34.8 Å². The van der Waals surface area contributed by atoms with Gasteiger partial charge in [-0.25, -0.2) is 0 Å². The zero-order valence-corrected chi connectivity index (χ0v) is 89.9. The zero-order chi connectivity index (χ0) is 108. The van der Waals surface area contributed by atoms with Crippen LogP contribution in [0.25, 0.3) is 0 Å². The lowest BCUT2D eigenvalue weighted by Crippen LogP contribution is -2.59. The van der Waals surface area contributed by atoms with Crippen molar-refractivity contribution in [1.29, 1.82) is 0 Å². The Morgan fingerprint density at radius 3 is 0.769 bits per heavy atom. The molecule has 0 unspecified atom stereocenters. The molecule has 1 aliphatic carbocycles. The van der Waals surface area contributed by atoms with Crippen LogP contribution in [0.2, 0.25) is 0 Å². The molecule has 0 spiro atoms. The Balaban J connectivity index is 0.000000725. The van der Waals surface area contributed by atoms with Crippen LogP contribution in [0.15, 0.2) is 73.6 Å². The highest BCUT2D eigenvalue weighted by atomic mass is 16.5. The molecule has 3 aromatic heterocycles. The predicted octanol–water partition coefficient (Wildman–Crippen LogP) is 4.72. The highest BCUT2D eigenvalue weighted by molar-refractivity contribution is 6.01. The standard InChI is InChI=1S/C36H61N7O6.C34H59N7O6.C33H58N8O6/c1-9-12-28(40-36(48)31(24(8)10-2)42-32(44)26-15-17-43(49)18-16-26)33(45)39-27(19-22(4)5)21-38-29(20-25-13-14-25)34(46)41-30(23(6)7)35(47)37-11-3;1-10-14-27(38-34(46)29(23(9)11-2)40-30(42)24-15-17-41(47)18-16-24)32(44)37-25(19-21(5)6)20-36-26(12-3)31(43)39-28(22(7)8)33(45)35-13-4;1-9-12-25(38-33(46)28(22(8)10-2)40-29(42)23-13-15-41(47)16-14-23)30(43)37-24(17-20(4)5)19-36-26(18-34)31(44)39-27(21(6)7)32(45)35-11-3/h15-18,22-25,27-31,38H,9-14,19-21H2,1-8H3,(H,37,47)(H,39,45)(H,40,48)(H,41,46)(H,42,44);15-18,21-23,25-29,36H,10-14,19-20H2,1-9H3,(H,35,45)(H,37,44)(H,38,46)(H,39,43)(H,40,42);13-16,20-22,24-28,36H,9-12,17-19,34H2,1-8H3,(H,35,45)(H,37,43)(H,38,46)(H,39,44)(H,40,42)/t24-,27-,28-,29-,30-,31-;23-,25-,26-,27-,28-,29-;22-,24-,25-,26-,27-,28-/m000/s1. The van der Waals surface area contributed by atoms with Crippen LogP contribution < -0.4 is 116 Å². The maximum atomic E-state index is 13.7. The van der Waals surface area contributed by atoms with Gasteiger partial charge in [-0.3, -0.25) is 71.9 Å². The monoisotopic (exact) mass is 2010 g/mol. The van der Waals surface area contributed by atoms with Crippen molar-refractivity contribution < 1.29 is 86.1 Å². The minimum absolute atomic E-state index is 0.0223. The third kappa shape index (κ3) is 47.9. The quantitative estimate of drug-likeness (QED) is 0.0268. The van der Waals surface area contributed by atoms with Crippen molar-refractivity contribution in [2.45, 2.75) is 366 Å². The summed E-state index contributed by atoms with van der Waals surface area (Å²) in [4.78, 5) is 198. The topological polar surface area (TPSA) is 579 Å². The number of carbonyl (C=O) groups excluding carboxylic acids is 15. The second-order valence-corrected chi connectivity index (χ2v) is 40.0. The minimum atomic E-state index is -0.912. The first-order chi connectivity index (χ1) is 67.6. The molecule has 808 valence electrons. The molecule has 3 heterocycles. The van der Waals surface area contributed by atoms with E-state index in [2.05, 4.69) is 110 Å². The summed E-state index contributed by atoms with van der Waals surface area (Å²) in [5, 5.41) is 87.1. The molecule has 40 nitrogen and oxygen atoms in total. The summed E-state index contributed by atoms with van der Waals surface area (Å²) in [5.41, 5.74) is 6.66. The molecule has 0 saturated heterocycles. The second-order valence-electron chi connectivity index (χ2n) is 40.0. The van der Waals surface area contributed by atoms with Crippen molar-refractivity contribution in [3.8, 4) is 0 Å². The SMILES string of the molecule is CCC[C@H](NC(=O)[C@@H](NC(=O)c1cc[n+]([O-])cc1)[C@@H](C)CC)C(=O)N[C@H](CN[C@@H](CC)C(=O)N[C@H](C(=O)NCC)C(C)C)CC(C)C.CCC[C@H](NC(=O)[C@@H](NC(=O)c1cc[n+]([O-])cc1)[C@@H](C)CC)C(=O)N[C@H](CN[C@@H](CC1CC1)C(=O)N[C@H](C(=O)NCC)C(C)C)CC(C)C.CCC[C@H](NC(=O)[C@@H](NC(=O)c1cc[n+]([O-])cc1)[C@@H](C)CC)C(=O)N[C@H](CN[C@@H](CN)C(=O)N[C@H](C(=O)NCC)C(C)C)CC(C)C. The van der Waals surface area contributed by atoms with Crippen LogP contribution in [0.4, 0.5) is 0 Å². The van der Waals surface area contributed by atoms with Gasteiger partial charge in [0.25, 0.3) is 17.7 Å². The van der Waals surface area contributed by atoms with E-state index in [1.165, 1.54) is 73.6 Å². The lowest BCUT2D eigenvalue weighted by molar-refractivity contribution is -0.605. The van der Waals surface area contributed by atoms with E-state index in [0.717, 1.165) is 12.8 Å². The second kappa shape index (κ2) is 68.1. The Morgan fingerprint density at radius 1 is 0.301 bits per heavy atom. The van der Waals surface area contributed by atoms with E-state index >= 15 is 0 Å². The average Bonchev–Trinajstić information content (AvgIpc) is 1.82. The fraction of sp³-hybridized carbons (Fsp3) is 0.709. The molecule has 20 N–H and O–H groups in total. The maximum absolute atomic E-state index is 13.7. The highest BCUT2D eigenvalue weighted by Crippen LogP contribution is 2.34. The molecule has 0 bridgehead atoms. The summed E-state index contributed by atoms with van der Waals surface area (Å²) < 4.78 is 1.71. The summed E-state index contributed by atoms with van der Waals surface area (Å²) in [6, 6.07) is -1.96. The maximum Gasteiger partial charge on any atom is 0.252 e. The number of likely N-dealkylation sites (N-methyl/N-ethyl adjacent to an activating group) is 3. The van der Waals surface area contributed by atoms with E-state index in [1.807, 2.05) is 152 Å². The van der Waals surface area contributed by atoms with Crippen LogP contribution in [0.5, 0.6) is 0 Å². The number of nitrogens with two attached hydrogens (primary N) is 1. The number of pyridine rings is 3. The van der Waals surface area contributed by atoms with E-state index < -0.39 is 120 Å². The Bertz CT molecular complexity index is 4190. The van der Waals surface area contributed by atoms with Crippen LogP contribution >= 0.6 is 0 Å². The molecule has 4 rings (SSSR count). The van der Waals surface area contributed by atoms with Crippen molar-refractivity contribution in [2.75, 3.05) is 45.8 Å². The fourth-order valence-electron chi connectivity index (χ4n) is 15.9. The van der Waals surface area contributed by atoms with E-state index in [4.69, 9.17) is 5.73 Å². The van der Waals surface area contributed by atoms with Gasteiger partial charge < -0.3 is 117 Å². The number of aromatic nitrogens is 3. The summed E-state index contributed by atoms with van der Waals surface area (Å²) in [6.07, 6.45) is 17.2.